The molecule has 284 valence electrons. The summed E-state index contributed by atoms with van der Waals surface area (Å²) in [5.41, 5.74) is 0. The molecule has 2 rings (SSSR count). The summed E-state index contributed by atoms with van der Waals surface area (Å²) in [5, 5.41) is 35.9. The molecule has 0 radical (unpaired) electrons. The second kappa shape index (κ2) is 37.4. The van der Waals surface area contributed by atoms with Gasteiger partial charge in [0, 0.05) is 58.2 Å². The Morgan fingerprint density at radius 1 is 0.521 bits per heavy atom. The third-order valence-corrected chi connectivity index (χ3v) is 14.6. The van der Waals surface area contributed by atoms with E-state index < -0.39 is 23.9 Å². The number of carboxylic acids is 4. The van der Waals surface area contributed by atoms with Crippen molar-refractivity contribution in [2.24, 2.45) is 0 Å². The molecule has 0 bridgehead atoms. The highest BCUT2D eigenvalue weighted by Crippen LogP contribution is 2.40. The SMILES string of the molecule is O=C(O)CCCC[C@H](S)CCS.O=C(O)CCCC[C@H](S)CCS.O=C(O)CCCC[C@H]1CCSS1.O=C(O)CCCC[C@H]1CCSS1. The van der Waals surface area contributed by atoms with Crippen molar-refractivity contribution in [3.8, 4) is 0 Å². The number of carboxylic acid groups (broad SMARTS) is 4. The minimum absolute atomic E-state index is 0.279. The van der Waals surface area contributed by atoms with Crippen molar-refractivity contribution >= 4 is 118 Å². The molecule has 4 atom stereocenters. The van der Waals surface area contributed by atoms with Crippen molar-refractivity contribution in [2.45, 2.75) is 149 Å². The minimum Gasteiger partial charge on any atom is -0.481 e. The van der Waals surface area contributed by atoms with Crippen molar-refractivity contribution in [3.05, 3.63) is 0 Å². The van der Waals surface area contributed by atoms with Crippen LogP contribution in [0.3, 0.4) is 0 Å². The van der Waals surface area contributed by atoms with Gasteiger partial charge in [0.05, 0.1) is 0 Å². The molecular formula is C32H60O8S8. The summed E-state index contributed by atoms with van der Waals surface area (Å²) >= 11 is 16.9. The molecule has 0 unspecified atom stereocenters. The molecule has 0 spiro atoms. The highest BCUT2D eigenvalue weighted by atomic mass is 33.1. The zero-order valence-corrected chi connectivity index (χ0v) is 35.0. The average molecular weight is 829 g/mol. The molecule has 4 N–H and O–H groups in total. The van der Waals surface area contributed by atoms with Crippen LogP contribution in [0.5, 0.6) is 0 Å². The first kappa shape index (κ1) is 50.8. The van der Waals surface area contributed by atoms with Gasteiger partial charge in [0.1, 0.15) is 0 Å². The molecule has 0 aromatic heterocycles. The van der Waals surface area contributed by atoms with Gasteiger partial charge in [-0.1, -0.05) is 68.9 Å². The van der Waals surface area contributed by atoms with Gasteiger partial charge < -0.3 is 20.4 Å². The monoisotopic (exact) mass is 828 g/mol. The second-order valence-electron chi connectivity index (χ2n) is 11.5. The van der Waals surface area contributed by atoms with E-state index in [1.165, 1.54) is 37.2 Å². The van der Waals surface area contributed by atoms with Gasteiger partial charge >= 0.3 is 23.9 Å². The zero-order valence-electron chi connectivity index (χ0n) is 28.1. The maximum atomic E-state index is 10.2. The highest BCUT2D eigenvalue weighted by molar-refractivity contribution is 8.77. The predicted molar refractivity (Wildman–Crippen MR) is 224 cm³/mol. The molecule has 48 heavy (non-hydrogen) atoms. The standard InChI is InChI=1S/2C8H14O2S2.2C8H16O2S2/c2*9-8(10)4-2-1-3-7-5-6-11-12-7;2*9-8(10)4-2-1-3-7(12)5-6-11/h2*7H,1-6H2,(H,9,10);2*7,11-12H,1-6H2,(H,9,10)/t4*7-/m0000/s1. The molecule has 2 aliphatic heterocycles. The van der Waals surface area contributed by atoms with Crippen molar-refractivity contribution in [3.63, 3.8) is 0 Å². The van der Waals surface area contributed by atoms with Crippen LogP contribution >= 0.6 is 93.7 Å². The van der Waals surface area contributed by atoms with Gasteiger partial charge in [0.25, 0.3) is 0 Å². The Balaban J connectivity index is 0. The summed E-state index contributed by atoms with van der Waals surface area (Å²) in [7, 11) is 7.83. The van der Waals surface area contributed by atoms with E-state index >= 15 is 0 Å². The number of hydrogen-bond acceptors (Lipinski definition) is 12. The first-order valence-electron chi connectivity index (χ1n) is 16.9. The Morgan fingerprint density at radius 2 is 0.833 bits per heavy atom. The largest absolute Gasteiger partial charge is 0.481 e. The molecule has 2 heterocycles. The van der Waals surface area contributed by atoms with Crippen molar-refractivity contribution in [2.75, 3.05) is 23.0 Å². The third kappa shape index (κ3) is 41.1. The van der Waals surface area contributed by atoms with Crippen molar-refractivity contribution in [1.29, 1.82) is 0 Å². The lowest BCUT2D eigenvalue weighted by Crippen LogP contribution is -2.00. The third-order valence-electron chi connectivity index (χ3n) is 7.07. The first-order chi connectivity index (χ1) is 22.9. The smallest absolute Gasteiger partial charge is 0.303 e. The van der Waals surface area contributed by atoms with E-state index in [0.29, 0.717) is 23.3 Å². The van der Waals surface area contributed by atoms with Gasteiger partial charge in [0.2, 0.25) is 0 Å². The van der Waals surface area contributed by atoms with Crippen LogP contribution in [-0.2, 0) is 19.2 Å². The van der Waals surface area contributed by atoms with E-state index in [0.717, 1.165) is 99.1 Å². The molecular weight excluding hydrogens is 769 g/mol. The van der Waals surface area contributed by atoms with Gasteiger partial charge in [-0.2, -0.15) is 50.5 Å². The number of hydrogen-bond donors (Lipinski definition) is 8. The molecule has 2 fully saturated rings. The Labute approximate surface area is 327 Å². The Kier molecular flexibility index (Phi) is 39.6. The summed E-state index contributed by atoms with van der Waals surface area (Å²) in [6.07, 6.45) is 17.5. The van der Waals surface area contributed by atoms with Gasteiger partial charge in [0.15, 0.2) is 0 Å². The fraction of sp³-hybridized carbons (Fsp3) is 0.875. The number of rotatable bonds is 24. The number of carbonyl (C=O) groups is 4. The van der Waals surface area contributed by atoms with Crippen LogP contribution < -0.4 is 0 Å². The molecule has 8 nitrogen and oxygen atoms in total. The Bertz CT molecular complexity index is 736. The summed E-state index contributed by atoms with van der Waals surface area (Å²) in [4.78, 5) is 40.6. The average Bonchev–Trinajstić information content (AvgIpc) is 3.74. The van der Waals surface area contributed by atoms with Crippen molar-refractivity contribution in [1.82, 2.24) is 0 Å². The predicted octanol–water partition coefficient (Wildman–Crippen LogP) is 10.1. The molecule has 0 saturated carbocycles. The lowest BCUT2D eigenvalue weighted by atomic mass is 10.1. The summed E-state index contributed by atoms with van der Waals surface area (Å²) in [6.45, 7) is 0. The van der Waals surface area contributed by atoms with Crippen LogP contribution in [0.15, 0.2) is 0 Å². The van der Waals surface area contributed by atoms with Crippen LogP contribution in [-0.4, -0.2) is 88.3 Å². The zero-order chi connectivity index (χ0) is 36.4. The molecule has 2 aliphatic rings. The van der Waals surface area contributed by atoms with E-state index in [2.05, 4.69) is 50.5 Å². The lowest BCUT2D eigenvalue weighted by Gasteiger charge is -2.06. The van der Waals surface area contributed by atoms with Crippen LogP contribution in [0.25, 0.3) is 0 Å². The van der Waals surface area contributed by atoms with E-state index in [1.54, 1.807) is 0 Å². The van der Waals surface area contributed by atoms with Crippen molar-refractivity contribution < 1.29 is 39.6 Å². The van der Waals surface area contributed by atoms with Gasteiger partial charge in [-0.3, -0.25) is 19.2 Å². The van der Waals surface area contributed by atoms with Crippen LogP contribution in [0, 0.1) is 0 Å². The van der Waals surface area contributed by atoms with E-state index in [-0.39, 0.29) is 12.8 Å². The number of unbranched alkanes of at least 4 members (excludes halogenated alkanes) is 4. The maximum Gasteiger partial charge on any atom is 0.303 e. The quantitative estimate of drug-likeness (QED) is 0.0266. The fourth-order valence-corrected chi connectivity index (χ4v) is 12.0. The molecule has 0 aromatic rings. The summed E-state index contributed by atoms with van der Waals surface area (Å²) < 4.78 is 0. The maximum absolute atomic E-state index is 10.2. The van der Waals surface area contributed by atoms with Crippen LogP contribution in [0.4, 0.5) is 0 Å². The van der Waals surface area contributed by atoms with E-state index in [1.807, 2.05) is 43.2 Å². The normalized spacial score (nSPS) is 17.8. The summed E-state index contributed by atoms with van der Waals surface area (Å²) in [5.74, 6) is 1.51. The molecule has 16 heteroatoms. The lowest BCUT2D eigenvalue weighted by molar-refractivity contribution is -0.138. The van der Waals surface area contributed by atoms with E-state index in [9.17, 15) is 19.2 Å². The fourth-order valence-electron chi connectivity index (χ4n) is 4.32. The molecule has 0 aromatic carbocycles. The van der Waals surface area contributed by atoms with Gasteiger partial charge in [-0.25, -0.2) is 0 Å². The van der Waals surface area contributed by atoms with Crippen LogP contribution in [0.2, 0.25) is 0 Å². The molecule has 0 aliphatic carbocycles. The van der Waals surface area contributed by atoms with E-state index in [4.69, 9.17) is 20.4 Å². The number of thiol groups is 4. The first-order valence-corrected chi connectivity index (χ1v) is 24.0. The minimum atomic E-state index is -0.708. The van der Waals surface area contributed by atoms with Crippen LogP contribution in [0.1, 0.15) is 128 Å². The van der Waals surface area contributed by atoms with Gasteiger partial charge in [-0.15, -0.1) is 0 Å². The Morgan fingerprint density at radius 3 is 1.08 bits per heavy atom. The highest BCUT2D eigenvalue weighted by Gasteiger charge is 2.16. The Hall–Kier alpha value is 0.680. The molecule has 0 amide bonds. The molecule has 2 saturated heterocycles. The summed E-state index contributed by atoms with van der Waals surface area (Å²) in [6, 6.07) is 0. The van der Waals surface area contributed by atoms with Gasteiger partial charge in [-0.05, 0) is 88.6 Å². The number of aliphatic carboxylic acids is 4. The topological polar surface area (TPSA) is 149 Å². The second-order valence-corrected chi connectivity index (χ2v) is 19.5.